The van der Waals surface area contributed by atoms with Crippen LogP contribution in [-0.4, -0.2) is 70.0 Å². The Kier molecular flexibility index (Phi) is 9.60. The molecule has 0 aliphatic carbocycles. The van der Waals surface area contributed by atoms with Gasteiger partial charge in [0, 0.05) is 49.9 Å². The number of carbonyl (C=O) groups excluding carboxylic acids is 2. The molecule has 1 fully saturated rings. The van der Waals surface area contributed by atoms with Gasteiger partial charge in [-0.05, 0) is 61.8 Å². The standard InChI is InChI=1S/C28H38N4O3/c1-5-30(6-2)19-25-8-7-9-26(16-25)28(34)31-17-21(3)32(22(4)18-31)20-24-12-10-23(11-13-24)14-15-27(33)29-35/h7-16,21-22,35H,5-6,17-20H2,1-4H3,(H,29,33)/b15-14+/t21-,22+. The lowest BCUT2D eigenvalue weighted by Gasteiger charge is -2.44. The van der Waals surface area contributed by atoms with Crippen LogP contribution in [0.2, 0.25) is 0 Å². The highest BCUT2D eigenvalue weighted by Gasteiger charge is 2.32. The Balaban J connectivity index is 1.62. The molecule has 0 bridgehead atoms. The summed E-state index contributed by atoms with van der Waals surface area (Å²) in [6.07, 6.45) is 2.94. The fraction of sp³-hybridized carbons (Fsp3) is 0.429. The first-order chi connectivity index (χ1) is 16.8. The monoisotopic (exact) mass is 478 g/mol. The summed E-state index contributed by atoms with van der Waals surface area (Å²) in [5.41, 5.74) is 5.59. The number of benzene rings is 2. The maximum atomic E-state index is 13.3. The van der Waals surface area contributed by atoms with Crippen LogP contribution < -0.4 is 5.48 Å². The highest BCUT2D eigenvalue weighted by molar-refractivity contribution is 5.94. The van der Waals surface area contributed by atoms with Crippen LogP contribution in [0.4, 0.5) is 0 Å². The number of carbonyl (C=O) groups is 2. The zero-order valence-corrected chi connectivity index (χ0v) is 21.3. The number of nitrogens with zero attached hydrogens (tertiary/aromatic N) is 3. The molecule has 0 spiro atoms. The number of hydrogen-bond donors (Lipinski definition) is 2. The van der Waals surface area contributed by atoms with Crippen molar-refractivity contribution in [3.63, 3.8) is 0 Å². The van der Waals surface area contributed by atoms with Crippen LogP contribution in [0, 0.1) is 0 Å². The van der Waals surface area contributed by atoms with Gasteiger partial charge in [-0.3, -0.25) is 24.6 Å². The lowest BCUT2D eigenvalue weighted by Crippen LogP contribution is -2.57. The molecule has 2 amide bonds. The Morgan fingerprint density at radius 3 is 2.29 bits per heavy atom. The van der Waals surface area contributed by atoms with Gasteiger partial charge in [0.2, 0.25) is 0 Å². The van der Waals surface area contributed by atoms with E-state index in [0.717, 1.165) is 37.3 Å². The van der Waals surface area contributed by atoms with Crippen LogP contribution in [0.3, 0.4) is 0 Å². The second kappa shape index (κ2) is 12.6. The molecule has 0 unspecified atom stereocenters. The minimum Gasteiger partial charge on any atom is -0.336 e. The second-order valence-corrected chi connectivity index (χ2v) is 9.29. The van der Waals surface area contributed by atoms with Crippen molar-refractivity contribution >= 4 is 17.9 Å². The molecule has 1 saturated heterocycles. The van der Waals surface area contributed by atoms with Gasteiger partial charge in [0.15, 0.2) is 0 Å². The number of rotatable bonds is 9. The van der Waals surface area contributed by atoms with E-state index in [1.807, 2.05) is 35.2 Å². The van der Waals surface area contributed by atoms with Crippen molar-refractivity contribution in [2.24, 2.45) is 0 Å². The van der Waals surface area contributed by atoms with Gasteiger partial charge in [0.25, 0.3) is 11.8 Å². The number of nitrogens with one attached hydrogen (secondary N) is 1. The fourth-order valence-electron chi connectivity index (χ4n) is 4.68. The Labute approximate surface area is 209 Å². The van der Waals surface area contributed by atoms with Gasteiger partial charge in [-0.15, -0.1) is 0 Å². The predicted molar refractivity (Wildman–Crippen MR) is 139 cm³/mol. The van der Waals surface area contributed by atoms with Crippen LogP contribution in [0.15, 0.2) is 54.6 Å². The number of amides is 2. The van der Waals surface area contributed by atoms with Gasteiger partial charge >= 0.3 is 0 Å². The average Bonchev–Trinajstić information content (AvgIpc) is 2.88. The third-order valence-electron chi connectivity index (χ3n) is 6.75. The Hall–Kier alpha value is -3.00. The van der Waals surface area contributed by atoms with E-state index in [9.17, 15) is 9.59 Å². The highest BCUT2D eigenvalue weighted by Crippen LogP contribution is 2.22. The van der Waals surface area contributed by atoms with E-state index in [0.29, 0.717) is 13.1 Å². The first-order valence-corrected chi connectivity index (χ1v) is 12.4. The van der Waals surface area contributed by atoms with Crippen LogP contribution >= 0.6 is 0 Å². The summed E-state index contributed by atoms with van der Waals surface area (Å²) in [6.45, 7) is 13.7. The molecule has 2 N–H and O–H groups in total. The van der Waals surface area contributed by atoms with Crippen molar-refractivity contribution in [2.75, 3.05) is 26.2 Å². The molecular formula is C28H38N4O3. The molecule has 35 heavy (non-hydrogen) atoms. The topological polar surface area (TPSA) is 76.1 Å². The quantitative estimate of drug-likeness (QED) is 0.326. The number of hydrogen-bond acceptors (Lipinski definition) is 5. The zero-order valence-electron chi connectivity index (χ0n) is 21.3. The summed E-state index contributed by atoms with van der Waals surface area (Å²) in [4.78, 5) is 31.3. The molecule has 3 rings (SSSR count). The summed E-state index contributed by atoms with van der Waals surface area (Å²) in [5, 5.41) is 8.59. The highest BCUT2D eigenvalue weighted by atomic mass is 16.5. The van der Waals surface area contributed by atoms with Crippen molar-refractivity contribution in [3.8, 4) is 0 Å². The van der Waals surface area contributed by atoms with Gasteiger partial charge < -0.3 is 4.90 Å². The molecule has 0 saturated carbocycles. The summed E-state index contributed by atoms with van der Waals surface area (Å²) in [7, 11) is 0. The van der Waals surface area contributed by atoms with Crippen molar-refractivity contribution < 1.29 is 14.8 Å². The third kappa shape index (κ3) is 7.24. The van der Waals surface area contributed by atoms with E-state index in [1.165, 1.54) is 17.2 Å². The summed E-state index contributed by atoms with van der Waals surface area (Å²) in [6, 6.07) is 16.5. The SMILES string of the molecule is CCN(CC)Cc1cccc(C(=O)N2C[C@@H](C)N(Cc3ccc(/C=C/C(=O)NO)cc3)[C@@H](C)C2)c1. The van der Waals surface area contributed by atoms with E-state index < -0.39 is 5.91 Å². The lowest BCUT2D eigenvalue weighted by molar-refractivity contribution is -0.124. The summed E-state index contributed by atoms with van der Waals surface area (Å²) >= 11 is 0. The normalized spacial score (nSPS) is 18.9. The molecule has 1 heterocycles. The fourth-order valence-corrected chi connectivity index (χ4v) is 4.68. The molecule has 7 nitrogen and oxygen atoms in total. The Morgan fingerprint density at radius 2 is 1.69 bits per heavy atom. The summed E-state index contributed by atoms with van der Waals surface area (Å²) < 4.78 is 0. The molecule has 1 aliphatic rings. The molecule has 7 heteroatoms. The van der Waals surface area contributed by atoms with Gasteiger partial charge in [0.1, 0.15) is 0 Å². The molecule has 2 atom stereocenters. The van der Waals surface area contributed by atoms with E-state index in [4.69, 9.17) is 5.21 Å². The van der Waals surface area contributed by atoms with Crippen molar-refractivity contribution in [3.05, 3.63) is 76.9 Å². The van der Waals surface area contributed by atoms with Crippen LogP contribution in [-0.2, 0) is 17.9 Å². The smallest absolute Gasteiger partial charge is 0.267 e. The van der Waals surface area contributed by atoms with Crippen LogP contribution in [0.5, 0.6) is 0 Å². The average molecular weight is 479 g/mol. The van der Waals surface area contributed by atoms with E-state index in [2.05, 4.69) is 55.7 Å². The van der Waals surface area contributed by atoms with Crippen LogP contribution in [0.1, 0.15) is 54.7 Å². The molecular weight excluding hydrogens is 440 g/mol. The number of hydroxylamine groups is 1. The zero-order chi connectivity index (χ0) is 25.4. The van der Waals surface area contributed by atoms with Gasteiger partial charge in [-0.2, -0.15) is 0 Å². The molecule has 188 valence electrons. The lowest BCUT2D eigenvalue weighted by atomic mass is 10.0. The summed E-state index contributed by atoms with van der Waals surface area (Å²) in [5.74, 6) is -0.451. The Morgan fingerprint density at radius 1 is 1.03 bits per heavy atom. The maximum absolute atomic E-state index is 13.3. The second-order valence-electron chi connectivity index (χ2n) is 9.29. The van der Waals surface area contributed by atoms with Gasteiger partial charge in [0.05, 0.1) is 0 Å². The minimum absolute atomic E-state index is 0.104. The molecule has 0 radical (unpaired) electrons. The minimum atomic E-state index is -0.556. The maximum Gasteiger partial charge on any atom is 0.267 e. The van der Waals surface area contributed by atoms with Gasteiger partial charge in [-0.25, -0.2) is 5.48 Å². The molecule has 0 aromatic heterocycles. The van der Waals surface area contributed by atoms with E-state index >= 15 is 0 Å². The molecule has 1 aliphatic heterocycles. The van der Waals surface area contributed by atoms with E-state index in [-0.39, 0.29) is 18.0 Å². The first-order valence-electron chi connectivity index (χ1n) is 12.4. The molecule has 2 aromatic carbocycles. The van der Waals surface area contributed by atoms with E-state index in [1.54, 1.807) is 11.6 Å². The van der Waals surface area contributed by atoms with Crippen molar-refractivity contribution in [1.82, 2.24) is 20.2 Å². The number of piperazine rings is 1. The Bertz CT molecular complexity index is 1010. The third-order valence-corrected chi connectivity index (χ3v) is 6.75. The van der Waals surface area contributed by atoms with Crippen molar-refractivity contribution in [2.45, 2.75) is 52.9 Å². The molecule has 2 aromatic rings. The van der Waals surface area contributed by atoms with Crippen molar-refractivity contribution in [1.29, 1.82) is 0 Å². The largest absolute Gasteiger partial charge is 0.336 e. The van der Waals surface area contributed by atoms with Crippen LogP contribution in [0.25, 0.3) is 6.08 Å². The van der Waals surface area contributed by atoms with Gasteiger partial charge in [-0.1, -0.05) is 50.2 Å². The predicted octanol–water partition coefficient (Wildman–Crippen LogP) is 3.78. The first kappa shape index (κ1) is 26.6.